The summed E-state index contributed by atoms with van der Waals surface area (Å²) in [6.45, 7) is 1.52. The van der Waals surface area contributed by atoms with Gasteiger partial charge in [-0.3, -0.25) is 9.59 Å². The number of hydrogen-bond acceptors (Lipinski definition) is 5. The molecule has 2 amide bonds. The number of ether oxygens (including phenoxy) is 1. The molecular weight excluding hydrogens is 402 g/mol. The zero-order chi connectivity index (χ0) is 21.0. The topological polar surface area (TPSA) is 76.5 Å². The lowest BCUT2D eigenvalue weighted by atomic mass is 10.1. The van der Waals surface area contributed by atoms with Crippen LogP contribution >= 0.6 is 11.9 Å². The van der Waals surface area contributed by atoms with Gasteiger partial charge in [-0.2, -0.15) is 13.9 Å². The SMILES string of the molecule is C/C=C(\C)C(NC=O)C(=O)N1Cc2cn(Sc3ccc(OC(F)F)cc3)nc2C1. The second-order valence-corrected chi connectivity index (χ2v) is 7.42. The fourth-order valence-corrected chi connectivity index (χ4v) is 3.73. The molecule has 1 aliphatic rings. The van der Waals surface area contributed by atoms with E-state index < -0.39 is 12.7 Å². The molecule has 7 nitrogen and oxygen atoms in total. The number of fused-ring (bicyclic) bond motifs is 1. The van der Waals surface area contributed by atoms with Crippen molar-refractivity contribution in [1.29, 1.82) is 0 Å². The highest BCUT2D eigenvalue weighted by molar-refractivity contribution is 7.97. The van der Waals surface area contributed by atoms with Gasteiger partial charge >= 0.3 is 6.61 Å². The monoisotopic (exact) mass is 422 g/mol. The number of carbonyl (C=O) groups is 2. The summed E-state index contributed by atoms with van der Waals surface area (Å²) in [6, 6.07) is 5.59. The van der Waals surface area contributed by atoms with Crippen LogP contribution in [0.15, 0.2) is 47.0 Å². The lowest BCUT2D eigenvalue weighted by molar-refractivity contribution is -0.134. The summed E-state index contributed by atoms with van der Waals surface area (Å²) in [5, 5.41) is 7.05. The number of alkyl halides is 2. The van der Waals surface area contributed by atoms with E-state index >= 15 is 0 Å². The highest BCUT2D eigenvalue weighted by Gasteiger charge is 2.31. The minimum atomic E-state index is -2.86. The third kappa shape index (κ3) is 4.94. The van der Waals surface area contributed by atoms with Crippen molar-refractivity contribution in [3.05, 3.63) is 53.4 Å². The van der Waals surface area contributed by atoms with Crippen molar-refractivity contribution < 1.29 is 23.1 Å². The van der Waals surface area contributed by atoms with Crippen LogP contribution in [-0.2, 0) is 22.7 Å². The van der Waals surface area contributed by atoms with Crippen LogP contribution in [0.2, 0.25) is 0 Å². The highest BCUT2D eigenvalue weighted by Crippen LogP contribution is 2.28. The van der Waals surface area contributed by atoms with Gasteiger partial charge in [0.15, 0.2) is 0 Å². The van der Waals surface area contributed by atoms with Crippen LogP contribution in [0.5, 0.6) is 5.75 Å². The summed E-state index contributed by atoms with van der Waals surface area (Å²) in [6.07, 6.45) is 4.16. The van der Waals surface area contributed by atoms with Gasteiger partial charge in [-0.15, -0.1) is 0 Å². The Bertz CT molecular complexity index is 891. The molecule has 29 heavy (non-hydrogen) atoms. The number of nitrogens with zero attached hydrogens (tertiary/aromatic N) is 3. The maximum Gasteiger partial charge on any atom is 0.387 e. The normalized spacial score (nSPS) is 14.7. The Morgan fingerprint density at radius 3 is 2.62 bits per heavy atom. The Hall–Kier alpha value is -2.88. The average Bonchev–Trinajstić information content (AvgIpc) is 3.24. The van der Waals surface area contributed by atoms with Gasteiger partial charge in [0.05, 0.1) is 12.2 Å². The quantitative estimate of drug-likeness (QED) is 0.523. The minimum Gasteiger partial charge on any atom is -0.435 e. The van der Waals surface area contributed by atoms with E-state index in [2.05, 4.69) is 15.2 Å². The molecule has 2 aromatic rings. The highest BCUT2D eigenvalue weighted by atomic mass is 32.2. The van der Waals surface area contributed by atoms with Gasteiger partial charge in [-0.05, 0) is 43.7 Å². The molecule has 0 bridgehead atoms. The second kappa shape index (κ2) is 9.08. The molecule has 0 fully saturated rings. The van der Waals surface area contributed by atoms with E-state index in [9.17, 15) is 18.4 Å². The Morgan fingerprint density at radius 2 is 2.03 bits per heavy atom. The molecule has 0 spiro atoms. The Balaban J connectivity index is 1.63. The Labute approximate surface area is 170 Å². The number of amides is 2. The third-order valence-electron chi connectivity index (χ3n) is 4.51. The molecule has 154 valence electrons. The zero-order valence-electron chi connectivity index (χ0n) is 15.8. The first-order valence-electron chi connectivity index (χ1n) is 8.83. The molecule has 3 rings (SSSR count). The third-order valence-corrected chi connectivity index (χ3v) is 5.37. The van der Waals surface area contributed by atoms with E-state index in [0.29, 0.717) is 19.5 Å². The van der Waals surface area contributed by atoms with E-state index in [1.807, 2.05) is 13.1 Å². The van der Waals surface area contributed by atoms with Gasteiger partial charge in [-0.25, -0.2) is 4.09 Å². The molecule has 0 saturated carbocycles. The average molecular weight is 422 g/mol. The fourth-order valence-electron chi connectivity index (χ4n) is 2.93. The van der Waals surface area contributed by atoms with Crippen LogP contribution in [0.3, 0.4) is 0 Å². The first-order valence-corrected chi connectivity index (χ1v) is 9.60. The van der Waals surface area contributed by atoms with E-state index in [1.165, 1.54) is 24.1 Å². The van der Waals surface area contributed by atoms with Crippen LogP contribution in [0, 0.1) is 0 Å². The largest absolute Gasteiger partial charge is 0.435 e. The van der Waals surface area contributed by atoms with E-state index in [1.54, 1.807) is 34.1 Å². The van der Waals surface area contributed by atoms with E-state index in [-0.39, 0.29) is 11.7 Å². The molecule has 10 heteroatoms. The van der Waals surface area contributed by atoms with Crippen molar-refractivity contribution in [1.82, 2.24) is 19.4 Å². The van der Waals surface area contributed by atoms with Crippen LogP contribution in [0.25, 0.3) is 0 Å². The van der Waals surface area contributed by atoms with Crippen LogP contribution in [0.1, 0.15) is 25.1 Å². The number of aromatic nitrogens is 2. The van der Waals surface area contributed by atoms with Crippen molar-refractivity contribution in [2.24, 2.45) is 0 Å². The maximum atomic E-state index is 12.7. The Kier molecular flexibility index (Phi) is 6.53. The number of rotatable bonds is 8. The van der Waals surface area contributed by atoms with Gasteiger partial charge in [0.25, 0.3) is 0 Å². The molecule has 1 unspecified atom stereocenters. The number of allylic oxidation sites excluding steroid dienone is 1. The lowest BCUT2D eigenvalue weighted by Crippen LogP contribution is -2.45. The molecule has 2 heterocycles. The summed E-state index contributed by atoms with van der Waals surface area (Å²) in [4.78, 5) is 26.0. The summed E-state index contributed by atoms with van der Waals surface area (Å²) >= 11 is 1.32. The number of benzene rings is 1. The molecule has 1 atom stereocenters. The first-order chi connectivity index (χ1) is 13.9. The van der Waals surface area contributed by atoms with Crippen molar-refractivity contribution >= 4 is 24.3 Å². The standard InChI is InChI=1S/C19H20F2N4O3S/c1-3-12(2)17(22-11-26)18(27)24-8-13-9-25(23-16(13)10-24)29-15-6-4-14(5-7-15)28-19(20)21/h3-7,9,11,17,19H,8,10H2,1-2H3,(H,22,26)/b12-3+. The number of hydrogen-bond donors (Lipinski definition) is 1. The summed E-state index contributed by atoms with van der Waals surface area (Å²) in [5.41, 5.74) is 2.48. The van der Waals surface area contributed by atoms with Gasteiger partial charge < -0.3 is 15.0 Å². The van der Waals surface area contributed by atoms with Crippen LogP contribution in [-0.4, -0.2) is 39.1 Å². The predicted molar refractivity (Wildman–Crippen MR) is 103 cm³/mol. The van der Waals surface area contributed by atoms with Crippen molar-refractivity contribution in [2.45, 2.75) is 44.5 Å². The molecule has 0 saturated heterocycles. The van der Waals surface area contributed by atoms with Crippen molar-refractivity contribution in [3.63, 3.8) is 0 Å². The summed E-state index contributed by atoms with van der Waals surface area (Å²) < 4.78 is 30.4. The smallest absolute Gasteiger partial charge is 0.387 e. The maximum absolute atomic E-state index is 12.7. The molecule has 0 aliphatic carbocycles. The predicted octanol–water partition coefficient (Wildman–Crippen LogP) is 2.96. The molecule has 1 aliphatic heterocycles. The minimum absolute atomic E-state index is 0.0939. The molecule has 1 aromatic heterocycles. The molecule has 1 N–H and O–H groups in total. The number of nitrogens with one attached hydrogen (secondary N) is 1. The first kappa shape index (κ1) is 20.8. The summed E-state index contributed by atoms with van der Waals surface area (Å²) in [5.74, 6) is -0.0871. The van der Waals surface area contributed by atoms with Crippen LogP contribution in [0.4, 0.5) is 8.78 Å². The fraction of sp³-hybridized carbons (Fsp3) is 0.316. The van der Waals surface area contributed by atoms with Crippen molar-refractivity contribution in [3.8, 4) is 5.75 Å². The van der Waals surface area contributed by atoms with Gasteiger partial charge in [0, 0.05) is 35.1 Å². The molecule has 0 radical (unpaired) electrons. The van der Waals surface area contributed by atoms with Gasteiger partial charge in [0.2, 0.25) is 12.3 Å². The van der Waals surface area contributed by atoms with Crippen molar-refractivity contribution in [2.75, 3.05) is 0 Å². The van der Waals surface area contributed by atoms with E-state index in [0.717, 1.165) is 21.7 Å². The van der Waals surface area contributed by atoms with Gasteiger partial charge in [-0.1, -0.05) is 6.08 Å². The Morgan fingerprint density at radius 1 is 1.31 bits per heavy atom. The molecule has 1 aromatic carbocycles. The molecular formula is C19H20F2N4O3S. The van der Waals surface area contributed by atoms with Crippen LogP contribution < -0.4 is 10.1 Å². The number of halogens is 2. The lowest BCUT2D eigenvalue weighted by Gasteiger charge is -2.23. The van der Waals surface area contributed by atoms with Gasteiger partial charge in [0.1, 0.15) is 11.8 Å². The summed E-state index contributed by atoms with van der Waals surface area (Å²) in [7, 11) is 0. The zero-order valence-corrected chi connectivity index (χ0v) is 16.7. The van der Waals surface area contributed by atoms with E-state index in [4.69, 9.17) is 0 Å². The number of carbonyl (C=O) groups excluding carboxylic acids is 2. The second-order valence-electron chi connectivity index (χ2n) is 6.39.